The molecule has 36 heavy (non-hydrogen) atoms. The lowest BCUT2D eigenvalue weighted by molar-refractivity contribution is -0.120. The van der Waals surface area contributed by atoms with Crippen molar-refractivity contribution < 1.29 is 13.2 Å². The van der Waals surface area contributed by atoms with Crippen molar-refractivity contribution in [2.24, 2.45) is 5.92 Å². The number of benzene rings is 1. The van der Waals surface area contributed by atoms with E-state index in [1.807, 2.05) is 18.2 Å². The number of rotatable bonds is 6. The maximum absolute atomic E-state index is 12.7. The Bertz CT molecular complexity index is 1390. The molecule has 2 aromatic heterocycles. The fraction of sp³-hybridized carbons (Fsp3) is 0.346. The molecule has 1 aromatic carbocycles. The highest BCUT2D eigenvalue weighted by Crippen LogP contribution is 2.36. The Balaban J connectivity index is 1.36. The van der Waals surface area contributed by atoms with Gasteiger partial charge in [-0.25, -0.2) is 18.4 Å². The van der Waals surface area contributed by atoms with E-state index in [-0.39, 0.29) is 16.9 Å². The number of nitrogens with one attached hydrogen (secondary N) is 2. The minimum Gasteiger partial charge on any atom is -0.367 e. The number of pyridine rings is 2. The normalized spacial score (nSPS) is 17.6. The molecule has 2 N–H and O–H groups in total. The van der Waals surface area contributed by atoms with E-state index in [0.717, 1.165) is 61.0 Å². The average Bonchev–Trinajstić information content (AvgIpc) is 3.27. The van der Waals surface area contributed by atoms with Gasteiger partial charge in [-0.3, -0.25) is 4.79 Å². The molecule has 1 atom stereocenters. The van der Waals surface area contributed by atoms with Crippen molar-refractivity contribution in [3.63, 3.8) is 0 Å². The Labute approximate surface area is 216 Å². The van der Waals surface area contributed by atoms with Crippen molar-refractivity contribution >= 4 is 38.9 Å². The zero-order chi connectivity index (χ0) is 25.3. The largest absolute Gasteiger partial charge is 0.367 e. The highest BCUT2D eigenvalue weighted by molar-refractivity contribution is 7.90. The number of carbonyl (C=O) groups is 1. The number of nitrogens with zero attached hydrogens (tertiary/aromatic N) is 3. The van der Waals surface area contributed by atoms with Crippen molar-refractivity contribution in [3.8, 4) is 11.1 Å². The highest BCUT2D eigenvalue weighted by Gasteiger charge is 2.23. The van der Waals surface area contributed by atoms with Gasteiger partial charge in [0.15, 0.2) is 14.9 Å². The van der Waals surface area contributed by atoms with E-state index >= 15 is 0 Å². The number of halogens is 1. The van der Waals surface area contributed by atoms with Crippen LogP contribution in [0.15, 0.2) is 53.8 Å². The second-order valence-electron chi connectivity index (χ2n) is 9.37. The van der Waals surface area contributed by atoms with E-state index in [1.54, 1.807) is 18.5 Å². The van der Waals surface area contributed by atoms with Crippen LogP contribution in [0.25, 0.3) is 11.1 Å². The summed E-state index contributed by atoms with van der Waals surface area (Å²) in [5.41, 5.74) is 5.02. The van der Waals surface area contributed by atoms with Crippen molar-refractivity contribution in [1.82, 2.24) is 15.3 Å². The second-order valence-corrected chi connectivity index (χ2v) is 11.7. The number of carbonyl (C=O) groups excluding carboxylic acids is 1. The SMILES string of the molecule is CS(=O)(=O)c1ccc(CN2CCc3ccc(-c4cc(NC(=O)C5CCCNC5)ncc4Cl)cc32)cn1. The number of piperidine rings is 1. The first kappa shape index (κ1) is 24.7. The quantitative estimate of drug-likeness (QED) is 0.505. The number of hydrogen-bond donors (Lipinski definition) is 2. The molecular formula is C26H28ClN5O3S. The number of aromatic nitrogens is 2. The smallest absolute Gasteiger partial charge is 0.229 e. The van der Waals surface area contributed by atoms with Crippen LogP contribution >= 0.6 is 11.6 Å². The first-order chi connectivity index (χ1) is 17.3. The van der Waals surface area contributed by atoms with Crippen LogP contribution in [0.1, 0.15) is 24.0 Å². The lowest BCUT2D eigenvalue weighted by atomic mass is 9.99. The maximum Gasteiger partial charge on any atom is 0.229 e. The predicted molar refractivity (Wildman–Crippen MR) is 141 cm³/mol. The van der Waals surface area contributed by atoms with Crippen LogP contribution in [0.4, 0.5) is 11.5 Å². The van der Waals surface area contributed by atoms with E-state index in [1.165, 1.54) is 5.56 Å². The predicted octanol–water partition coefficient (Wildman–Crippen LogP) is 3.70. The van der Waals surface area contributed by atoms with Gasteiger partial charge >= 0.3 is 0 Å². The van der Waals surface area contributed by atoms with Gasteiger partial charge in [-0.2, -0.15) is 0 Å². The van der Waals surface area contributed by atoms with Gasteiger partial charge in [0.05, 0.1) is 10.9 Å². The molecule has 2 aliphatic heterocycles. The lowest BCUT2D eigenvalue weighted by Crippen LogP contribution is -2.37. The molecule has 1 saturated heterocycles. The van der Waals surface area contributed by atoms with Crippen LogP contribution in [-0.4, -0.2) is 50.2 Å². The number of amides is 1. The topological polar surface area (TPSA) is 104 Å². The van der Waals surface area contributed by atoms with Gasteiger partial charge in [0.1, 0.15) is 5.82 Å². The number of fused-ring (bicyclic) bond motifs is 1. The highest BCUT2D eigenvalue weighted by atomic mass is 35.5. The van der Waals surface area contributed by atoms with Gasteiger partial charge in [0, 0.05) is 49.5 Å². The Morgan fingerprint density at radius 3 is 2.78 bits per heavy atom. The molecule has 2 aliphatic rings. The van der Waals surface area contributed by atoms with Crippen molar-refractivity contribution in [1.29, 1.82) is 0 Å². The molecule has 5 rings (SSSR count). The molecule has 0 bridgehead atoms. The van der Waals surface area contributed by atoms with Gasteiger partial charge in [-0.15, -0.1) is 0 Å². The third-order valence-electron chi connectivity index (χ3n) is 6.71. The summed E-state index contributed by atoms with van der Waals surface area (Å²) >= 11 is 6.53. The molecule has 0 saturated carbocycles. The van der Waals surface area contributed by atoms with Gasteiger partial charge in [-0.1, -0.05) is 29.8 Å². The van der Waals surface area contributed by atoms with Crippen LogP contribution in [0.5, 0.6) is 0 Å². The number of sulfone groups is 1. The fourth-order valence-corrected chi connectivity index (χ4v) is 5.53. The van der Waals surface area contributed by atoms with Crippen molar-refractivity contribution in [3.05, 3.63) is 64.9 Å². The molecule has 1 amide bonds. The summed E-state index contributed by atoms with van der Waals surface area (Å²) in [5.74, 6) is 0.396. The zero-order valence-corrected chi connectivity index (χ0v) is 21.6. The first-order valence-corrected chi connectivity index (χ1v) is 14.3. The molecule has 0 aliphatic carbocycles. The first-order valence-electron chi connectivity index (χ1n) is 12.0. The van der Waals surface area contributed by atoms with Crippen LogP contribution in [0.3, 0.4) is 0 Å². The molecule has 1 unspecified atom stereocenters. The van der Waals surface area contributed by atoms with E-state index in [2.05, 4.69) is 37.6 Å². The summed E-state index contributed by atoms with van der Waals surface area (Å²) in [4.78, 5) is 23.4. The third kappa shape index (κ3) is 5.38. The molecular weight excluding hydrogens is 498 g/mol. The Kier molecular flexibility index (Phi) is 6.96. The van der Waals surface area contributed by atoms with E-state index in [0.29, 0.717) is 23.9 Å². The Hall–Kier alpha value is -3.01. The summed E-state index contributed by atoms with van der Waals surface area (Å²) in [5, 5.41) is 6.80. The molecule has 4 heterocycles. The van der Waals surface area contributed by atoms with E-state index in [4.69, 9.17) is 11.6 Å². The molecule has 1 fully saturated rings. The van der Waals surface area contributed by atoms with E-state index < -0.39 is 9.84 Å². The van der Waals surface area contributed by atoms with Crippen LogP contribution in [-0.2, 0) is 27.6 Å². The van der Waals surface area contributed by atoms with Crippen LogP contribution in [0, 0.1) is 5.92 Å². The van der Waals surface area contributed by atoms with Crippen LogP contribution < -0.4 is 15.5 Å². The maximum atomic E-state index is 12.7. The summed E-state index contributed by atoms with van der Waals surface area (Å²) in [6.45, 7) is 3.10. The summed E-state index contributed by atoms with van der Waals surface area (Å²) in [6, 6.07) is 11.4. The molecule has 0 radical (unpaired) electrons. The lowest BCUT2D eigenvalue weighted by Gasteiger charge is -2.22. The minimum absolute atomic E-state index is 0.0291. The van der Waals surface area contributed by atoms with E-state index in [9.17, 15) is 13.2 Å². The minimum atomic E-state index is -3.33. The van der Waals surface area contributed by atoms with Crippen molar-refractivity contribution in [2.45, 2.75) is 30.8 Å². The molecule has 188 valence electrons. The van der Waals surface area contributed by atoms with Gasteiger partial charge in [0.2, 0.25) is 5.91 Å². The average molecular weight is 526 g/mol. The monoisotopic (exact) mass is 525 g/mol. The molecule has 0 spiro atoms. The summed E-state index contributed by atoms with van der Waals surface area (Å²) in [6.07, 6.45) is 7.13. The summed E-state index contributed by atoms with van der Waals surface area (Å²) in [7, 11) is -3.33. The Morgan fingerprint density at radius 1 is 1.19 bits per heavy atom. The van der Waals surface area contributed by atoms with Gasteiger partial charge in [0.25, 0.3) is 0 Å². The Morgan fingerprint density at radius 2 is 2.06 bits per heavy atom. The standard InChI is InChI=1S/C26H28ClN5O3S/c1-36(34,35)25-7-4-17(13-30-25)16-32-10-8-18-5-6-19(11-23(18)32)21-12-24(29-15-22(21)27)31-26(33)20-3-2-9-28-14-20/h4-7,11-13,15,20,28H,2-3,8-10,14,16H2,1H3,(H,29,31,33). The summed E-state index contributed by atoms with van der Waals surface area (Å²) < 4.78 is 23.4. The van der Waals surface area contributed by atoms with Crippen molar-refractivity contribution in [2.75, 3.05) is 36.1 Å². The third-order valence-corrected chi connectivity index (χ3v) is 8.02. The zero-order valence-electron chi connectivity index (χ0n) is 20.0. The molecule has 8 nitrogen and oxygen atoms in total. The fourth-order valence-electron chi connectivity index (χ4n) is 4.75. The number of hydrogen-bond acceptors (Lipinski definition) is 7. The number of anilines is 2. The van der Waals surface area contributed by atoms with Gasteiger partial charge in [-0.05, 0) is 60.7 Å². The molecule has 3 aromatic rings. The molecule has 10 heteroatoms. The van der Waals surface area contributed by atoms with Crippen LogP contribution in [0.2, 0.25) is 5.02 Å². The second kappa shape index (κ2) is 10.2. The van der Waals surface area contributed by atoms with Gasteiger partial charge < -0.3 is 15.5 Å².